The zero-order valence-electron chi connectivity index (χ0n) is 14.6. The number of amides is 2. The second-order valence-electron chi connectivity index (χ2n) is 6.39. The number of hydrogen-bond donors (Lipinski definition) is 0. The number of anilines is 1. The molecular weight excluding hydrogens is 322 g/mol. The number of methoxy groups -OCH3 is 1. The number of ether oxygens (including phenoxy) is 1. The summed E-state index contributed by atoms with van der Waals surface area (Å²) in [6.07, 6.45) is 6.48. The summed E-state index contributed by atoms with van der Waals surface area (Å²) >= 11 is 0. The Morgan fingerprint density at radius 2 is 1.84 bits per heavy atom. The summed E-state index contributed by atoms with van der Waals surface area (Å²) in [6, 6.07) is 1.39. The first-order chi connectivity index (χ1) is 12.2. The highest BCUT2D eigenvalue weighted by atomic mass is 16.5. The zero-order valence-corrected chi connectivity index (χ0v) is 14.6. The number of nitrogens with zero attached hydrogens (tertiary/aromatic N) is 5. The van der Waals surface area contributed by atoms with Crippen LogP contribution in [0.15, 0.2) is 18.5 Å². The lowest BCUT2D eigenvalue weighted by Gasteiger charge is -2.36. The predicted octanol–water partition coefficient (Wildman–Crippen LogP) is 1.14. The van der Waals surface area contributed by atoms with Crippen LogP contribution in [0.3, 0.4) is 0 Å². The van der Waals surface area contributed by atoms with Crippen molar-refractivity contribution in [3.8, 4) is 0 Å². The largest absolute Gasteiger partial charge is 0.453 e. The molecule has 0 saturated carbocycles. The lowest BCUT2D eigenvalue weighted by molar-refractivity contribution is -0.137. The predicted molar refractivity (Wildman–Crippen MR) is 92.2 cm³/mol. The normalized spacial score (nSPS) is 21.6. The summed E-state index contributed by atoms with van der Waals surface area (Å²) in [5.74, 6) is 0.728. The first-order valence-electron chi connectivity index (χ1n) is 8.86. The second kappa shape index (κ2) is 8.13. The molecule has 2 fully saturated rings. The Labute approximate surface area is 147 Å². The molecule has 2 aliphatic rings. The van der Waals surface area contributed by atoms with Crippen LogP contribution in [0.4, 0.5) is 10.7 Å². The number of piperidine rings is 1. The summed E-state index contributed by atoms with van der Waals surface area (Å²) in [4.78, 5) is 39.1. The third-order valence-corrected chi connectivity index (χ3v) is 4.84. The van der Waals surface area contributed by atoms with Gasteiger partial charge in [0.15, 0.2) is 0 Å². The van der Waals surface area contributed by atoms with Crippen LogP contribution in [0.5, 0.6) is 0 Å². The molecular formula is C17H25N5O3. The van der Waals surface area contributed by atoms with E-state index in [1.165, 1.54) is 7.11 Å². The fourth-order valence-electron chi connectivity index (χ4n) is 3.53. The fourth-order valence-corrected chi connectivity index (χ4v) is 3.53. The number of rotatable bonds is 2. The molecule has 0 N–H and O–H groups in total. The van der Waals surface area contributed by atoms with Gasteiger partial charge in [0.1, 0.15) is 6.04 Å². The van der Waals surface area contributed by atoms with Crippen molar-refractivity contribution in [3.05, 3.63) is 18.5 Å². The van der Waals surface area contributed by atoms with Gasteiger partial charge in [-0.2, -0.15) is 0 Å². The van der Waals surface area contributed by atoms with E-state index in [9.17, 15) is 9.59 Å². The lowest BCUT2D eigenvalue weighted by Crippen LogP contribution is -2.53. The van der Waals surface area contributed by atoms with Gasteiger partial charge < -0.3 is 14.5 Å². The third kappa shape index (κ3) is 4.00. The molecule has 3 rings (SSSR count). The van der Waals surface area contributed by atoms with E-state index in [-0.39, 0.29) is 5.91 Å². The van der Waals surface area contributed by atoms with Gasteiger partial charge in [0.25, 0.3) is 0 Å². The molecule has 136 valence electrons. The minimum absolute atomic E-state index is 0.0286. The minimum atomic E-state index is -0.410. The van der Waals surface area contributed by atoms with Crippen LogP contribution in [0.1, 0.15) is 25.7 Å². The number of carbonyl (C=O) groups excluding carboxylic acids is 2. The van der Waals surface area contributed by atoms with Gasteiger partial charge in [-0.05, 0) is 31.7 Å². The Morgan fingerprint density at radius 1 is 1.04 bits per heavy atom. The number of hydrogen-bond acceptors (Lipinski definition) is 6. The zero-order chi connectivity index (χ0) is 17.6. The Bertz CT molecular complexity index is 597. The lowest BCUT2D eigenvalue weighted by atomic mass is 10.0. The fraction of sp³-hybridized carbons (Fsp3) is 0.647. The van der Waals surface area contributed by atoms with Gasteiger partial charge in [0.2, 0.25) is 11.9 Å². The van der Waals surface area contributed by atoms with Crippen LogP contribution in [-0.2, 0) is 9.53 Å². The number of carbonyl (C=O) groups is 2. The Balaban J connectivity index is 1.65. The smallest absolute Gasteiger partial charge is 0.410 e. The maximum absolute atomic E-state index is 13.0. The molecule has 1 aromatic rings. The van der Waals surface area contributed by atoms with Crippen LogP contribution in [0.2, 0.25) is 0 Å². The first-order valence-corrected chi connectivity index (χ1v) is 8.86. The average molecular weight is 347 g/mol. The molecule has 25 heavy (non-hydrogen) atoms. The van der Waals surface area contributed by atoms with Gasteiger partial charge in [-0.15, -0.1) is 0 Å². The minimum Gasteiger partial charge on any atom is -0.453 e. The van der Waals surface area contributed by atoms with Crippen molar-refractivity contribution in [2.75, 3.05) is 44.7 Å². The number of aromatic nitrogens is 2. The summed E-state index contributed by atoms with van der Waals surface area (Å²) in [7, 11) is 1.36. The molecule has 8 nitrogen and oxygen atoms in total. The Hall–Kier alpha value is -2.38. The van der Waals surface area contributed by atoms with E-state index in [4.69, 9.17) is 4.74 Å². The summed E-state index contributed by atoms with van der Waals surface area (Å²) in [6.45, 7) is 3.40. The standard InChI is InChI=1S/C17H25N5O3/c1-25-17(24)22-11-3-2-6-14(22)15(23)20-9-5-10-21(13-12-20)16-18-7-4-8-19-16/h4,7-8,14H,2-3,5-6,9-13H2,1H3/t14-/m1/s1. The van der Waals surface area contributed by atoms with E-state index in [1.807, 2.05) is 4.90 Å². The molecule has 0 aromatic carbocycles. The monoisotopic (exact) mass is 347 g/mol. The maximum atomic E-state index is 13.0. The van der Waals surface area contributed by atoms with Crippen molar-refractivity contribution >= 4 is 17.9 Å². The van der Waals surface area contributed by atoms with Crippen LogP contribution in [0, 0.1) is 0 Å². The molecule has 0 aliphatic carbocycles. The van der Waals surface area contributed by atoms with E-state index in [0.717, 1.165) is 25.8 Å². The molecule has 1 aromatic heterocycles. The van der Waals surface area contributed by atoms with E-state index in [1.54, 1.807) is 23.4 Å². The van der Waals surface area contributed by atoms with E-state index >= 15 is 0 Å². The molecule has 0 unspecified atom stereocenters. The van der Waals surface area contributed by atoms with Crippen molar-refractivity contribution in [3.63, 3.8) is 0 Å². The van der Waals surface area contributed by atoms with Crippen molar-refractivity contribution in [1.29, 1.82) is 0 Å². The van der Waals surface area contributed by atoms with Crippen molar-refractivity contribution < 1.29 is 14.3 Å². The van der Waals surface area contributed by atoms with Crippen LogP contribution >= 0.6 is 0 Å². The first kappa shape index (κ1) is 17.4. The van der Waals surface area contributed by atoms with Gasteiger partial charge in [-0.3, -0.25) is 9.69 Å². The van der Waals surface area contributed by atoms with Crippen molar-refractivity contribution in [2.45, 2.75) is 31.7 Å². The summed E-state index contributed by atoms with van der Waals surface area (Å²) < 4.78 is 4.85. The Morgan fingerprint density at radius 3 is 2.60 bits per heavy atom. The SMILES string of the molecule is COC(=O)N1CCCC[C@@H]1C(=O)N1CCCN(c2ncccn2)CC1. The highest BCUT2D eigenvalue weighted by Gasteiger charge is 2.35. The van der Waals surface area contributed by atoms with Gasteiger partial charge in [0, 0.05) is 45.1 Å². The van der Waals surface area contributed by atoms with Crippen molar-refractivity contribution in [2.24, 2.45) is 0 Å². The molecule has 2 saturated heterocycles. The van der Waals surface area contributed by atoms with Crippen LogP contribution < -0.4 is 4.90 Å². The van der Waals surface area contributed by atoms with E-state index < -0.39 is 12.1 Å². The molecule has 0 bridgehead atoms. The third-order valence-electron chi connectivity index (χ3n) is 4.84. The Kier molecular flexibility index (Phi) is 5.67. The van der Waals surface area contributed by atoms with Crippen molar-refractivity contribution in [1.82, 2.24) is 19.8 Å². The number of likely N-dealkylation sites (tertiary alicyclic amines) is 1. The summed E-state index contributed by atoms with van der Waals surface area (Å²) in [5.41, 5.74) is 0. The van der Waals surface area contributed by atoms with Gasteiger partial charge in [-0.1, -0.05) is 0 Å². The molecule has 0 radical (unpaired) electrons. The van der Waals surface area contributed by atoms with E-state index in [2.05, 4.69) is 14.9 Å². The van der Waals surface area contributed by atoms with Gasteiger partial charge in [-0.25, -0.2) is 14.8 Å². The molecule has 3 heterocycles. The second-order valence-corrected chi connectivity index (χ2v) is 6.39. The van der Waals surface area contributed by atoms with Crippen LogP contribution in [0.25, 0.3) is 0 Å². The van der Waals surface area contributed by atoms with Gasteiger partial charge in [0.05, 0.1) is 7.11 Å². The average Bonchev–Trinajstić information content (AvgIpc) is 2.94. The molecule has 8 heteroatoms. The quantitative estimate of drug-likeness (QED) is 0.798. The van der Waals surface area contributed by atoms with E-state index in [0.29, 0.717) is 38.5 Å². The molecule has 2 amide bonds. The van der Waals surface area contributed by atoms with Crippen LogP contribution in [-0.4, -0.2) is 77.6 Å². The van der Waals surface area contributed by atoms with Gasteiger partial charge >= 0.3 is 6.09 Å². The topological polar surface area (TPSA) is 78.9 Å². The highest BCUT2D eigenvalue weighted by Crippen LogP contribution is 2.21. The molecule has 1 atom stereocenters. The maximum Gasteiger partial charge on any atom is 0.410 e. The molecule has 0 spiro atoms. The summed E-state index contributed by atoms with van der Waals surface area (Å²) in [5, 5.41) is 0. The highest BCUT2D eigenvalue weighted by molar-refractivity contribution is 5.86. The molecule has 2 aliphatic heterocycles.